The lowest BCUT2D eigenvalue weighted by Crippen LogP contribution is -2.32. The van der Waals surface area contributed by atoms with Crippen LogP contribution in [0.25, 0.3) is 5.52 Å². The van der Waals surface area contributed by atoms with Gasteiger partial charge in [0.15, 0.2) is 11.5 Å². The molecule has 0 aliphatic heterocycles. The van der Waals surface area contributed by atoms with Crippen LogP contribution in [-0.2, 0) is 30.7 Å². The summed E-state index contributed by atoms with van der Waals surface area (Å²) < 4.78 is 13.8. The van der Waals surface area contributed by atoms with E-state index in [9.17, 15) is 9.59 Å². The van der Waals surface area contributed by atoms with Crippen LogP contribution in [-0.4, -0.2) is 34.3 Å². The lowest BCUT2D eigenvalue weighted by atomic mass is 10.1. The van der Waals surface area contributed by atoms with Gasteiger partial charge in [-0.1, -0.05) is 18.6 Å². The van der Waals surface area contributed by atoms with Crippen molar-refractivity contribution in [2.45, 2.75) is 45.2 Å². The number of amides is 1. The molecule has 4 rings (SSSR count). The smallest absolute Gasteiger partial charge is 0.277 e. The number of aryl methyl sites for hydroxylation is 2. The van der Waals surface area contributed by atoms with Gasteiger partial charge in [0.05, 0.1) is 19.9 Å². The average molecular weight is 410 g/mol. The van der Waals surface area contributed by atoms with Gasteiger partial charge in [-0.25, -0.2) is 4.52 Å². The van der Waals surface area contributed by atoms with Crippen LogP contribution in [0.1, 0.15) is 36.1 Å². The number of rotatable bonds is 6. The Balaban J connectivity index is 1.52. The summed E-state index contributed by atoms with van der Waals surface area (Å²) in [7, 11) is 3.13. The molecule has 8 nitrogen and oxygen atoms in total. The molecule has 0 bridgehead atoms. The van der Waals surface area contributed by atoms with E-state index in [0.29, 0.717) is 17.0 Å². The lowest BCUT2D eigenvalue weighted by Gasteiger charge is -2.13. The Morgan fingerprint density at radius 2 is 1.97 bits per heavy atom. The number of methoxy groups -OCH3 is 2. The van der Waals surface area contributed by atoms with Gasteiger partial charge in [-0.15, -0.1) is 0 Å². The maximum absolute atomic E-state index is 13.1. The predicted molar refractivity (Wildman–Crippen MR) is 112 cm³/mol. The number of ether oxygens (including phenoxy) is 2. The largest absolute Gasteiger partial charge is 0.493 e. The highest BCUT2D eigenvalue weighted by Crippen LogP contribution is 2.30. The number of aromatic nitrogens is 3. The average Bonchev–Trinajstić information content (AvgIpc) is 2.95. The second-order valence-electron chi connectivity index (χ2n) is 7.44. The van der Waals surface area contributed by atoms with Gasteiger partial charge in [-0.3, -0.25) is 9.59 Å². The normalized spacial score (nSPS) is 13.5. The summed E-state index contributed by atoms with van der Waals surface area (Å²) in [5.41, 5.74) is 3.26. The molecule has 1 aromatic carbocycles. The van der Waals surface area contributed by atoms with Gasteiger partial charge in [-0.2, -0.15) is 5.10 Å². The Labute approximate surface area is 174 Å². The molecular weight excluding hydrogens is 384 g/mol. The minimum atomic E-state index is -0.253. The van der Waals surface area contributed by atoms with Crippen LogP contribution in [0.2, 0.25) is 0 Å². The van der Waals surface area contributed by atoms with Crippen molar-refractivity contribution in [1.82, 2.24) is 19.5 Å². The number of carbonyl (C=O) groups is 1. The molecule has 1 N–H and O–H groups in total. The molecule has 2 heterocycles. The Hall–Kier alpha value is -3.29. The first-order valence-corrected chi connectivity index (χ1v) is 10.2. The summed E-state index contributed by atoms with van der Waals surface area (Å²) in [6.45, 7) is 0.222. The van der Waals surface area contributed by atoms with E-state index < -0.39 is 0 Å². The highest BCUT2D eigenvalue weighted by Gasteiger charge is 2.19. The molecule has 1 aliphatic carbocycles. The summed E-state index contributed by atoms with van der Waals surface area (Å²) in [4.78, 5) is 25.6. The van der Waals surface area contributed by atoms with E-state index in [1.165, 1.54) is 4.57 Å². The van der Waals surface area contributed by atoms with Crippen LogP contribution in [0.15, 0.2) is 35.4 Å². The van der Waals surface area contributed by atoms with Crippen LogP contribution in [0.3, 0.4) is 0 Å². The van der Waals surface area contributed by atoms with Crippen molar-refractivity contribution in [2.75, 3.05) is 14.2 Å². The van der Waals surface area contributed by atoms with E-state index in [4.69, 9.17) is 9.47 Å². The standard InChI is InChI=1S/C22H26N4O4/c1-29-18-10-6-7-15(21(18)30-2)13-23-19(27)14-25-11-12-26-20(22(25)28)16-8-4-3-5-9-17(16)24-26/h6-7,10-12H,3-5,8-9,13-14H2,1-2H3,(H,23,27). The summed E-state index contributed by atoms with van der Waals surface area (Å²) >= 11 is 0. The zero-order valence-corrected chi connectivity index (χ0v) is 17.3. The molecule has 1 aliphatic rings. The summed E-state index contributed by atoms with van der Waals surface area (Å²) in [6.07, 6.45) is 8.45. The fraction of sp³-hybridized carbons (Fsp3) is 0.409. The number of para-hydroxylation sites is 1. The van der Waals surface area contributed by atoms with Crippen LogP contribution in [0, 0.1) is 0 Å². The van der Waals surface area contributed by atoms with Crippen molar-refractivity contribution in [3.63, 3.8) is 0 Å². The molecule has 1 amide bonds. The molecule has 158 valence electrons. The maximum Gasteiger partial charge on any atom is 0.277 e. The third-order valence-electron chi connectivity index (χ3n) is 5.56. The van der Waals surface area contributed by atoms with Crippen LogP contribution in [0.4, 0.5) is 0 Å². The van der Waals surface area contributed by atoms with E-state index >= 15 is 0 Å². The number of benzene rings is 1. The first kappa shape index (κ1) is 20.0. The minimum Gasteiger partial charge on any atom is -0.493 e. The minimum absolute atomic E-state index is 0.0540. The van der Waals surface area contributed by atoms with Gasteiger partial charge < -0.3 is 19.4 Å². The lowest BCUT2D eigenvalue weighted by molar-refractivity contribution is -0.121. The predicted octanol–water partition coefficient (Wildman–Crippen LogP) is 2.10. The summed E-state index contributed by atoms with van der Waals surface area (Å²) in [5.74, 6) is 0.935. The van der Waals surface area contributed by atoms with Crippen LogP contribution >= 0.6 is 0 Å². The van der Waals surface area contributed by atoms with Crippen molar-refractivity contribution >= 4 is 11.4 Å². The molecule has 2 aromatic heterocycles. The first-order chi connectivity index (χ1) is 14.6. The Morgan fingerprint density at radius 3 is 2.77 bits per heavy atom. The van der Waals surface area contributed by atoms with Gasteiger partial charge in [0.1, 0.15) is 12.1 Å². The number of hydrogen-bond donors (Lipinski definition) is 1. The summed E-state index contributed by atoms with van der Waals surface area (Å²) in [6, 6.07) is 5.50. The van der Waals surface area contributed by atoms with E-state index in [0.717, 1.165) is 48.9 Å². The van der Waals surface area contributed by atoms with Crippen molar-refractivity contribution in [1.29, 1.82) is 0 Å². The van der Waals surface area contributed by atoms with Gasteiger partial charge in [0, 0.05) is 30.1 Å². The molecule has 0 saturated carbocycles. The van der Waals surface area contributed by atoms with Gasteiger partial charge >= 0.3 is 0 Å². The van der Waals surface area contributed by atoms with Gasteiger partial charge in [0.25, 0.3) is 5.56 Å². The maximum atomic E-state index is 13.1. The third kappa shape index (κ3) is 3.77. The number of hydrogen-bond acceptors (Lipinski definition) is 5. The highest BCUT2D eigenvalue weighted by atomic mass is 16.5. The van der Waals surface area contributed by atoms with Gasteiger partial charge in [-0.05, 0) is 31.7 Å². The zero-order valence-electron chi connectivity index (χ0n) is 17.3. The quantitative estimate of drug-likeness (QED) is 0.629. The second-order valence-corrected chi connectivity index (χ2v) is 7.44. The fourth-order valence-electron chi connectivity index (χ4n) is 4.05. The molecule has 8 heteroatoms. The highest BCUT2D eigenvalue weighted by molar-refractivity contribution is 5.76. The number of nitrogens with zero attached hydrogens (tertiary/aromatic N) is 3. The van der Waals surface area contributed by atoms with E-state index in [1.807, 2.05) is 12.1 Å². The van der Waals surface area contributed by atoms with Crippen LogP contribution in [0.5, 0.6) is 11.5 Å². The molecule has 3 aromatic rings. The van der Waals surface area contributed by atoms with Crippen molar-refractivity contribution in [2.24, 2.45) is 0 Å². The molecule has 0 fully saturated rings. The fourth-order valence-corrected chi connectivity index (χ4v) is 4.05. The third-order valence-corrected chi connectivity index (χ3v) is 5.56. The van der Waals surface area contributed by atoms with E-state index in [1.54, 1.807) is 37.2 Å². The second kappa shape index (κ2) is 8.61. The molecule has 0 saturated heterocycles. The Kier molecular flexibility index (Phi) is 5.74. The van der Waals surface area contributed by atoms with Crippen molar-refractivity contribution in [3.05, 3.63) is 57.8 Å². The first-order valence-electron chi connectivity index (χ1n) is 10.2. The van der Waals surface area contributed by atoms with E-state index in [2.05, 4.69) is 10.4 Å². The zero-order chi connectivity index (χ0) is 21.1. The van der Waals surface area contributed by atoms with Crippen molar-refractivity contribution < 1.29 is 14.3 Å². The molecular formula is C22H26N4O4. The Bertz CT molecular complexity index is 1130. The number of fused-ring (bicyclic) bond motifs is 3. The molecule has 0 radical (unpaired) electrons. The van der Waals surface area contributed by atoms with E-state index in [-0.39, 0.29) is 24.6 Å². The van der Waals surface area contributed by atoms with Gasteiger partial charge in [0.2, 0.25) is 5.91 Å². The SMILES string of the molecule is COc1cccc(CNC(=O)Cn2ccn3nc4c(c3c2=O)CCCCC4)c1OC. The topological polar surface area (TPSA) is 86.9 Å². The number of carbonyl (C=O) groups excluding carboxylic acids is 1. The summed E-state index contributed by atoms with van der Waals surface area (Å²) in [5, 5.41) is 7.44. The monoisotopic (exact) mass is 410 g/mol. The number of nitrogens with one attached hydrogen (secondary N) is 1. The Morgan fingerprint density at radius 1 is 1.13 bits per heavy atom. The molecule has 30 heavy (non-hydrogen) atoms. The van der Waals surface area contributed by atoms with Crippen molar-refractivity contribution in [3.8, 4) is 11.5 Å². The van der Waals surface area contributed by atoms with Crippen LogP contribution < -0.4 is 20.3 Å². The molecule has 0 unspecified atom stereocenters. The molecule has 0 spiro atoms. The molecule has 0 atom stereocenters.